The molecule has 1 aliphatic rings. The zero-order chi connectivity index (χ0) is 30.8. The van der Waals surface area contributed by atoms with Crippen molar-refractivity contribution in [3.05, 3.63) is 70.3 Å². The van der Waals surface area contributed by atoms with E-state index in [-0.39, 0.29) is 30.5 Å². The normalized spacial score (nSPS) is 16.2. The number of hydrogen-bond acceptors (Lipinski definition) is 7. The second-order valence-corrected chi connectivity index (χ2v) is 10.7. The number of halogens is 2. The fourth-order valence-electron chi connectivity index (χ4n) is 5.01. The van der Waals surface area contributed by atoms with Gasteiger partial charge < -0.3 is 30.3 Å². The largest absolute Gasteiger partial charge is 0.456 e. The number of aryl methyl sites for hydroxylation is 1. The SMILES string of the molecule is CCCN(CCC)C(=O)c1cc(C)cc(C(=O)O[C@H](CNCC2CN(CC)C(=O)O2)[C@@H](N)Cc2cc(F)cc(F)c2)c1. The fourth-order valence-corrected chi connectivity index (χ4v) is 5.01. The molecule has 3 N–H and O–H groups in total. The minimum atomic E-state index is -0.903. The standard InChI is InChI=1S/C31H42F2N4O5/c1-5-8-37(9-6-2)29(38)22-10-20(4)11-23(15-22)30(39)42-28(18-35-17-26-19-36(7-3)31(40)41-26)27(34)14-21-12-24(32)16-25(33)13-21/h10-13,15-16,26-28,35H,5-9,14,17-19,34H2,1-4H3/t26?,27-,28+/m0/s1. The number of ether oxygens (including phenoxy) is 2. The predicted octanol–water partition coefficient (Wildman–Crippen LogP) is 4.06. The van der Waals surface area contributed by atoms with Gasteiger partial charge in [-0.15, -0.1) is 0 Å². The summed E-state index contributed by atoms with van der Waals surface area (Å²) in [5.74, 6) is -2.30. The molecule has 1 aliphatic heterocycles. The Labute approximate surface area is 246 Å². The number of nitrogens with one attached hydrogen (secondary N) is 1. The van der Waals surface area contributed by atoms with Crippen molar-refractivity contribution in [2.45, 2.75) is 65.2 Å². The van der Waals surface area contributed by atoms with E-state index in [0.717, 1.165) is 24.5 Å². The van der Waals surface area contributed by atoms with E-state index in [4.69, 9.17) is 15.2 Å². The molecule has 1 unspecified atom stereocenters. The van der Waals surface area contributed by atoms with Crippen molar-refractivity contribution in [3.63, 3.8) is 0 Å². The summed E-state index contributed by atoms with van der Waals surface area (Å²) in [6, 6.07) is 7.21. The summed E-state index contributed by atoms with van der Waals surface area (Å²) in [4.78, 5) is 41.8. The van der Waals surface area contributed by atoms with Crippen LogP contribution in [-0.4, -0.2) is 85.3 Å². The Hall–Kier alpha value is -3.57. The molecule has 9 nitrogen and oxygen atoms in total. The molecule has 1 saturated heterocycles. The Morgan fingerprint density at radius 1 is 1.07 bits per heavy atom. The van der Waals surface area contributed by atoms with Crippen molar-refractivity contribution in [2.75, 3.05) is 39.3 Å². The number of nitrogens with two attached hydrogens (primary N) is 1. The molecular formula is C31H42F2N4O5. The van der Waals surface area contributed by atoms with Crippen LogP contribution in [0.15, 0.2) is 36.4 Å². The molecule has 42 heavy (non-hydrogen) atoms. The summed E-state index contributed by atoms with van der Waals surface area (Å²) in [5, 5.41) is 3.15. The van der Waals surface area contributed by atoms with Gasteiger partial charge in [0.1, 0.15) is 23.8 Å². The molecule has 11 heteroatoms. The molecular weight excluding hydrogens is 546 g/mol. The van der Waals surface area contributed by atoms with Crippen LogP contribution < -0.4 is 11.1 Å². The van der Waals surface area contributed by atoms with Crippen LogP contribution in [0, 0.1) is 18.6 Å². The average molecular weight is 589 g/mol. The quantitative estimate of drug-likeness (QED) is 0.302. The Kier molecular flexibility index (Phi) is 12.2. The Balaban J connectivity index is 1.77. The number of rotatable bonds is 15. The van der Waals surface area contributed by atoms with Crippen LogP contribution in [-0.2, 0) is 15.9 Å². The lowest BCUT2D eigenvalue weighted by molar-refractivity contribution is 0.0233. The fraction of sp³-hybridized carbons (Fsp3) is 0.516. The van der Waals surface area contributed by atoms with Crippen LogP contribution in [0.5, 0.6) is 0 Å². The highest BCUT2D eigenvalue weighted by atomic mass is 19.1. The van der Waals surface area contributed by atoms with Gasteiger partial charge in [0.15, 0.2) is 0 Å². The van der Waals surface area contributed by atoms with Gasteiger partial charge in [-0.25, -0.2) is 18.4 Å². The number of carbonyl (C=O) groups excluding carboxylic acids is 3. The van der Waals surface area contributed by atoms with E-state index < -0.39 is 35.8 Å². The molecule has 3 atom stereocenters. The van der Waals surface area contributed by atoms with Gasteiger partial charge in [0.2, 0.25) is 0 Å². The van der Waals surface area contributed by atoms with Crippen LogP contribution in [0.4, 0.5) is 13.6 Å². The first-order valence-electron chi connectivity index (χ1n) is 14.5. The maximum atomic E-state index is 13.8. The third kappa shape index (κ3) is 9.22. The maximum absolute atomic E-state index is 13.8. The van der Waals surface area contributed by atoms with Crippen LogP contribution in [0.3, 0.4) is 0 Å². The van der Waals surface area contributed by atoms with E-state index >= 15 is 0 Å². The zero-order valence-electron chi connectivity index (χ0n) is 24.8. The first-order valence-corrected chi connectivity index (χ1v) is 14.5. The third-order valence-corrected chi connectivity index (χ3v) is 7.01. The highest BCUT2D eigenvalue weighted by Crippen LogP contribution is 2.17. The smallest absolute Gasteiger partial charge is 0.410 e. The second kappa shape index (κ2) is 15.6. The third-order valence-electron chi connectivity index (χ3n) is 7.01. The summed E-state index contributed by atoms with van der Waals surface area (Å²) in [7, 11) is 0. The molecule has 0 bridgehead atoms. The molecule has 3 rings (SSSR count). The van der Waals surface area contributed by atoms with Gasteiger partial charge in [-0.2, -0.15) is 0 Å². The average Bonchev–Trinajstić information content (AvgIpc) is 3.30. The first-order chi connectivity index (χ1) is 20.0. The molecule has 230 valence electrons. The van der Waals surface area contributed by atoms with Crippen molar-refractivity contribution in [2.24, 2.45) is 5.73 Å². The minimum absolute atomic E-state index is 0.0386. The molecule has 1 fully saturated rings. The lowest BCUT2D eigenvalue weighted by Crippen LogP contribution is -2.47. The summed E-state index contributed by atoms with van der Waals surface area (Å²) in [5.41, 5.74) is 8.06. The molecule has 0 aliphatic carbocycles. The molecule has 0 aromatic heterocycles. The maximum Gasteiger partial charge on any atom is 0.410 e. The van der Waals surface area contributed by atoms with Gasteiger partial charge in [0.25, 0.3) is 5.91 Å². The van der Waals surface area contributed by atoms with Crippen molar-refractivity contribution >= 4 is 18.0 Å². The number of nitrogens with zero attached hydrogens (tertiary/aromatic N) is 2. The Bertz CT molecular complexity index is 1220. The Morgan fingerprint density at radius 2 is 1.71 bits per heavy atom. The number of amides is 2. The Morgan fingerprint density at radius 3 is 2.31 bits per heavy atom. The summed E-state index contributed by atoms with van der Waals surface area (Å²) in [6.07, 6.45) is -0.0216. The highest BCUT2D eigenvalue weighted by molar-refractivity contribution is 5.98. The number of likely N-dealkylation sites (N-methyl/N-ethyl adjacent to an activating group) is 1. The summed E-state index contributed by atoms with van der Waals surface area (Å²) < 4.78 is 38.8. The van der Waals surface area contributed by atoms with Crippen molar-refractivity contribution < 1.29 is 32.6 Å². The number of hydrogen-bond donors (Lipinski definition) is 2. The topological polar surface area (TPSA) is 114 Å². The van der Waals surface area contributed by atoms with E-state index in [2.05, 4.69) is 5.32 Å². The number of cyclic esters (lactones) is 1. The zero-order valence-corrected chi connectivity index (χ0v) is 24.8. The second-order valence-electron chi connectivity index (χ2n) is 10.7. The van der Waals surface area contributed by atoms with Crippen LogP contribution in [0.2, 0.25) is 0 Å². The van der Waals surface area contributed by atoms with Crippen molar-refractivity contribution in [1.82, 2.24) is 15.1 Å². The van der Waals surface area contributed by atoms with Gasteiger partial charge >= 0.3 is 12.1 Å². The van der Waals surface area contributed by atoms with Crippen molar-refractivity contribution in [1.29, 1.82) is 0 Å². The number of esters is 1. The van der Waals surface area contributed by atoms with Gasteiger partial charge in [-0.1, -0.05) is 13.8 Å². The first kappa shape index (κ1) is 32.9. The minimum Gasteiger partial charge on any atom is -0.456 e. The van der Waals surface area contributed by atoms with Crippen molar-refractivity contribution in [3.8, 4) is 0 Å². The van der Waals surface area contributed by atoms with Crippen LogP contribution in [0.25, 0.3) is 0 Å². The van der Waals surface area contributed by atoms with Crippen LogP contribution in [0.1, 0.15) is 65.5 Å². The molecule has 0 radical (unpaired) electrons. The van der Waals surface area contributed by atoms with E-state index in [1.165, 1.54) is 18.2 Å². The predicted molar refractivity (Wildman–Crippen MR) is 155 cm³/mol. The number of carbonyl (C=O) groups is 3. The highest BCUT2D eigenvalue weighted by Gasteiger charge is 2.31. The lowest BCUT2D eigenvalue weighted by atomic mass is 10.0. The molecule has 2 aromatic carbocycles. The molecule has 0 spiro atoms. The van der Waals surface area contributed by atoms with E-state index in [0.29, 0.717) is 43.9 Å². The van der Waals surface area contributed by atoms with E-state index in [9.17, 15) is 23.2 Å². The molecule has 0 saturated carbocycles. The lowest BCUT2D eigenvalue weighted by Gasteiger charge is -2.26. The molecule has 2 aromatic rings. The van der Waals surface area contributed by atoms with Gasteiger partial charge in [0, 0.05) is 50.4 Å². The molecule has 2 amide bonds. The summed E-state index contributed by atoms with van der Waals surface area (Å²) >= 11 is 0. The van der Waals surface area contributed by atoms with Gasteiger partial charge in [-0.05, 0) is 74.6 Å². The van der Waals surface area contributed by atoms with Crippen LogP contribution >= 0.6 is 0 Å². The van der Waals surface area contributed by atoms with E-state index in [1.54, 1.807) is 28.9 Å². The van der Waals surface area contributed by atoms with E-state index in [1.807, 2.05) is 20.8 Å². The van der Waals surface area contributed by atoms with Gasteiger partial charge in [0.05, 0.1) is 12.1 Å². The number of benzene rings is 2. The monoisotopic (exact) mass is 588 g/mol. The molecule has 1 heterocycles. The summed E-state index contributed by atoms with van der Waals surface area (Å²) in [6.45, 7) is 10.2. The van der Waals surface area contributed by atoms with Gasteiger partial charge in [-0.3, -0.25) is 4.79 Å².